The Morgan fingerprint density at radius 3 is 2.05 bits per heavy atom. The predicted molar refractivity (Wildman–Crippen MR) is 162 cm³/mol. The van der Waals surface area contributed by atoms with Gasteiger partial charge in [0.1, 0.15) is 4.75 Å². The fourth-order valence-electron chi connectivity index (χ4n) is 5.59. The lowest BCUT2D eigenvalue weighted by Gasteiger charge is -2.30. The SMILES string of the molecule is CCCCCCCCCCCCCCC1C(=O)N(c2ccccc2)C(=O)C1(CCC(=O)OC)Sc1ccccn1. The van der Waals surface area contributed by atoms with Gasteiger partial charge >= 0.3 is 5.97 Å². The van der Waals surface area contributed by atoms with Crippen LogP contribution in [0.3, 0.4) is 0 Å². The molecule has 2 aromatic rings. The second-order valence-corrected chi connectivity index (χ2v) is 12.1. The summed E-state index contributed by atoms with van der Waals surface area (Å²) in [7, 11) is 1.35. The molecule has 40 heavy (non-hydrogen) atoms. The van der Waals surface area contributed by atoms with E-state index in [0.717, 1.165) is 19.3 Å². The molecular weight excluding hydrogens is 520 g/mol. The van der Waals surface area contributed by atoms with Gasteiger partial charge in [0.25, 0.3) is 5.91 Å². The van der Waals surface area contributed by atoms with E-state index in [0.29, 0.717) is 17.1 Å². The Morgan fingerprint density at radius 1 is 0.875 bits per heavy atom. The fraction of sp³-hybridized carbons (Fsp3) is 0.576. The number of unbranched alkanes of at least 4 members (excludes halogenated alkanes) is 11. The summed E-state index contributed by atoms with van der Waals surface area (Å²) in [6.07, 6.45) is 17.4. The third-order valence-corrected chi connectivity index (χ3v) is 9.34. The first-order valence-corrected chi connectivity index (χ1v) is 16.0. The van der Waals surface area contributed by atoms with E-state index in [2.05, 4.69) is 11.9 Å². The summed E-state index contributed by atoms with van der Waals surface area (Å²) < 4.78 is 3.80. The van der Waals surface area contributed by atoms with Crippen LogP contribution in [-0.2, 0) is 19.1 Å². The summed E-state index contributed by atoms with van der Waals surface area (Å²) in [5.74, 6) is -1.39. The highest BCUT2D eigenvalue weighted by Crippen LogP contribution is 2.50. The molecule has 0 saturated carbocycles. The maximum atomic E-state index is 14.2. The number of aromatic nitrogens is 1. The molecule has 1 saturated heterocycles. The van der Waals surface area contributed by atoms with Crippen LogP contribution in [0, 0.1) is 5.92 Å². The molecule has 1 fully saturated rings. The van der Waals surface area contributed by atoms with Crippen molar-refractivity contribution in [3.63, 3.8) is 0 Å². The highest BCUT2D eigenvalue weighted by Gasteiger charge is 2.60. The number of carbonyl (C=O) groups is 3. The summed E-state index contributed by atoms with van der Waals surface area (Å²) in [5.41, 5.74) is 0.568. The molecule has 2 heterocycles. The summed E-state index contributed by atoms with van der Waals surface area (Å²) in [6, 6.07) is 14.7. The molecular formula is C33H46N2O4S. The molecule has 2 atom stereocenters. The minimum absolute atomic E-state index is 0.0624. The number of hydrogen-bond donors (Lipinski definition) is 0. The van der Waals surface area contributed by atoms with Crippen molar-refractivity contribution >= 4 is 35.2 Å². The Balaban J connectivity index is 1.68. The largest absolute Gasteiger partial charge is 0.469 e. The van der Waals surface area contributed by atoms with Gasteiger partial charge in [-0.05, 0) is 37.1 Å². The van der Waals surface area contributed by atoms with Gasteiger partial charge < -0.3 is 4.74 Å². The van der Waals surface area contributed by atoms with Crippen molar-refractivity contribution in [3.8, 4) is 0 Å². The van der Waals surface area contributed by atoms with E-state index in [1.165, 1.54) is 81.6 Å². The number of benzene rings is 1. The monoisotopic (exact) mass is 566 g/mol. The smallest absolute Gasteiger partial charge is 0.305 e. The summed E-state index contributed by atoms with van der Waals surface area (Å²) in [5, 5.41) is 0.670. The van der Waals surface area contributed by atoms with Crippen LogP contribution in [-0.4, -0.2) is 34.6 Å². The van der Waals surface area contributed by atoms with Crippen LogP contribution in [0.5, 0.6) is 0 Å². The first kappa shape index (κ1) is 31.9. The number of methoxy groups -OCH3 is 1. The van der Waals surface area contributed by atoms with Gasteiger partial charge in [0, 0.05) is 12.6 Å². The second-order valence-electron chi connectivity index (χ2n) is 10.8. The molecule has 2 unspecified atom stereocenters. The summed E-state index contributed by atoms with van der Waals surface area (Å²) in [6.45, 7) is 2.25. The number of para-hydroxylation sites is 1. The Bertz CT molecular complexity index is 1050. The Kier molecular flexibility index (Phi) is 13.7. The number of rotatable bonds is 19. The molecule has 0 radical (unpaired) electrons. The summed E-state index contributed by atoms with van der Waals surface area (Å²) >= 11 is 1.32. The van der Waals surface area contributed by atoms with Crippen molar-refractivity contribution in [2.75, 3.05) is 12.0 Å². The van der Waals surface area contributed by atoms with E-state index < -0.39 is 10.7 Å². The average Bonchev–Trinajstić information content (AvgIpc) is 3.18. The van der Waals surface area contributed by atoms with Crippen molar-refractivity contribution in [1.82, 2.24) is 4.98 Å². The van der Waals surface area contributed by atoms with Gasteiger partial charge in [-0.3, -0.25) is 14.4 Å². The normalized spacial score (nSPS) is 18.9. The quantitative estimate of drug-likeness (QED) is 0.0970. The van der Waals surface area contributed by atoms with Crippen LogP contribution >= 0.6 is 11.8 Å². The lowest BCUT2D eigenvalue weighted by Crippen LogP contribution is -2.41. The maximum absolute atomic E-state index is 14.2. The average molecular weight is 567 g/mol. The number of anilines is 1. The molecule has 0 aliphatic carbocycles. The van der Waals surface area contributed by atoms with Crippen molar-refractivity contribution in [1.29, 1.82) is 0 Å². The van der Waals surface area contributed by atoms with Crippen molar-refractivity contribution in [2.24, 2.45) is 5.92 Å². The van der Waals surface area contributed by atoms with Crippen LogP contribution in [0.15, 0.2) is 59.8 Å². The fourth-order valence-corrected chi connectivity index (χ4v) is 6.97. The number of carbonyl (C=O) groups excluding carboxylic acids is 3. The van der Waals surface area contributed by atoms with E-state index in [4.69, 9.17) is 4.74 Å². The van der Waals surface area contributed by atoms with Crippen LogP contribution in [0.25, 0.3) is 0 Å². The van der Waals surface area contributed by atoms with Crippen LogP contribution in [0.1, 0.15) is 103 Å². The number of nitrogens with zero attached hydrogens (tertiary/aromatic N) is 2. The van der Waals surface area contributed by atoms with Crippen molar-refractivity contribution in [3.05, 3.63) is 54.7 Å². The maximum Gasteiger partial charge on any atom is 0.305 e. The molecule has 0 bridgehead atoms. The molecule has 1 aliphatic heterocycles. The lowest BCUT2D eigenvalue weighted by molar-refractivity contribution is -0.141. The first-order valence-electron chi connectivity index (χ1n) is 15.1. The van der Waals surface area contributed by atoms with Crippen molar-refractivity contribution in [2.45, 2.75) is 113 Å². The molecule has 6 nitrogen and oxygen atoms in total. The van der Waals surface area contributed by atoms with Gasteiger partial charge in [-0.15, -0.1) is 0 Å². The van der Waals surface area contributed by atoms with Crippen LogP contribution in [0.2, 0.25) is 0 Å². The zero-order valence-corrected chi connectivity index (χ0v) is 25.1. The van der Waals surface area contributed by atoms with Crippen LogP contribution in [0.4, 0.5) is 5.69 Å². The first-order chi connectivity index (χ1) is 19.5. The van der Waals surface area contributed by atoms with Gasteiger partial charge in [0.2, 0.25) is 5.91 Å². The Hall–Kier alpha value is -2.67. The predicted octanol–water partition coefficient (Wildman–Crippen LogP) is 8.15. The molecule has 218 valence electrons. The number of thioether (sulfide) groups is 1. The Morgan fingerprint density at radius 2 is 1.48 bits per heavy atom. The van der Waals surface area contributed by atoms with Gasteiger partial charge in [0.05, 0.1) is 23.7 Å². The highest BCUT2D eigenvalue weighted by atomic mass is 32.2. The molecule has 3 rings (SSSR count). The van der Waals surface area contributed by atoms with E-state index in [-0.39, 0.29) is 30.6 Å². The lowest BCUT2D eigenvalue weighted by atomic mass is 9.85. The molecule has 7 heteroatoms. The van der Waals surface area contributed by atoms with Crippen molar-refractivity contribution < 1.29 is 19.1 Å². The minimum Gasteiger partial charge on any atom is -0.469 e. The molecule has 1 aliphatic rings. The van der Waals surface area contributed by atoms with E-state index in [9.17, 15) is 14.4 Å². The molecule has 1 aromatic carbocycles. The second kappa shape index (κ2) is 17.2. The third-order valence-electron chi connectivity index (χ3n) is 7.86. The van der Waals surface area contributed by atoms with Gasteiger partial charge in [-0.25, -0.2) is 9.88 Å². The van der Waals surface area contributed by atoms with E-state index in [1.807, 2.05) is 36.4 Å². The zero-order valence-electron chi connectivity index (χ0n) is 24.3. The number of amides is 2. The molecule has 2 amide bonds. The summed E-state index contributed by atoms with van der Waals surface area (Å²) in [4.78, 5) is 46.1. The Labute approximate surface area is 244 Å². The number of esters is 1. The van der Waals surface area contributed by atoms with E-state index in [1.54, 1.807) is 18.3 Å². The van der Waals surface area contributed by atoms with Gasteiger partial charge in [0.15, 0.2) is 0 Å². The number of pyridine rings is 1. The standard InChI is InChI=1S/C33H46N2O4S/c1-3-4-5-6-7-8-9-10-11-12-13-17-22-28-31(37)35(27-20-15-14-16-21-27)32(38)33(28,25-24-30(36)39-2)40-29-23-18-19-26-34-29/h14-16,18-21,23,26,28H,3-13,17,22,24-25H2,1-2H3. The number of ether oxygens (including phenoxy) is 1. The zero-order chi connectivity index (χ0) is 28.6. The number of hydrogen-bond acceptors (Lipinski definition) is 6. The minimum atomic E-state index is -1.12. The molecule has 0 N–H and O–H groups in total. The van der Waals surface area contributed by atoms with E-state index >= 15 is 0 Å². The van der Waals surface area contributed by atoms with Gasteiger partial charge in [-0.1, -0.05) is 120 Å². The van der Waals surface area contributed by atoms with Crippen LogP contribution < -0.4 is 4.90 Å². The number of imide groups is 1. The third kappa shape index (κ3) is 8.92. The van der Waals surface area contributed by atoms with Gasteiger partial charge in [-0.2, -0.15) is 0 Å². The molecule has 1 aromatic heterocycles. The topological polar surface area (TPSA) is 76.6 Å². The highest BCUT2D eigenvalue weighted by molar-refractivity contribution is 8.01. The molecule has 0 spiro atoms.